The van der Waals surface area contributed by atoms with Crippen molar-refractivity contribution in [1.82, 2.24) is 0 Å². The molecule has 120 valence electrons. The summed E-state index contributed by atoms with van der Waals surface area (Å²) in [7, 11) is 0. The fraction of sp³-hybridized carbons (Fsp3) is 0.667. The Balaban J connectivity index is 2.85. The van der Waals surface area contributed by atoms with Crippen LogP contribution >= 0.6 is 0 Å². The first kappa shape index (κ1) is 14.9. The molecule has 0 spiro atoms. The molecule has 1 rings (SSSR count). The van der Waals surface area contributed by atoms with Gasteiger partial charge in [-0.05, 0) is 34.9 Å². The van der Waals surface area contributed by atoms with Crippen molar-refractivity contribution in [3.63, 3.8) is 0 Å². The number of ether oxygens (including phenoxy) is 2. The maximum atomic E-state index is 8.63. The van der Waals surface area contributed by atoms with Crippen LogP contribution in [0.25, 0.3) is 0 Å². The molecule has 0 aliphatic heterocycles. The third kappa shape index (κ3) is 6.96. The number of aliphatic hydroxyl groups excluding tert-OH is 1. The van der Waals surface area contributed by atoms with Gasteiger partial charge in [-0.3, -0.25) is 0 Å². The summed E-state index contributed by atoms with van der Waals surface area (Å²) < 4.78 is 27.3. The van der Waals surface area contributed by atoms with E-state index in [9.17, 15) is 0 Å². The largest absolute Gasteiger partial charge is 0.491 e. The van der Waals surface area contributed by atoms with Gasteiger partial charge in [0.05, 0.1) is 22.6 Å². The minimum Gasteiger partial charge on any atom is -0.491 e. The zero-order valence-electron chi connectivity index (χ0n) is 16.0. The standard InChI is InChI=1S/C18H30O3/c1-17(2,3)14-18(4,5)15-6-8-16(9-7-15)21-13-12-20-11-10-19/h6-9,19H,10-14H2,1-5H3/i6D,7D. The Hall–Kier alpha value is -1.06. The lowest BCUT2D eigenvalue weighted by molar-refractivity contribution is 0.0705. The van der Waals surface area contributed by atoms with Crippen LogP contribution in [0.3, 0.4) is 0 Å². The number of hydrogen-bond donors (Lipinski definition) is 1. The van der Waals surface area contributed by atoms with Crippen molar-refractivity contribution in [2.75, 3.05) is 26.4 Å². The van der Waals surface area contributed by atoms with Gasteiger partial charge in [-0.15, -0.1) is 0 Å². The van der Waals surface area contributed by atoms with Crippen molar-refractivity contribution in [2.24, 2.45) is 5.41 Å². The first-order chi connectivity index (χ1) is 10.6. The predicted molar refractivity (Wildman–Crippen MR) is 86.9 cm³/mol. The summed E-state index contributed by atoms with van der Waals surface area (Å²) in [6, 6.07) is 4.03. The van der Waals surface area contributed by atoms with E-state index in [1.807, 2.05) is 0 Å². The Morgan fingerprint density at radius 3 is 2.19 bits per heavy atom. The molecule has 1 aromatic rings. The second kappa shape index (κ2) is 7.81. The summed E-state index contributed by atoms with van der Waals surface area (Å²) in [5.41, 5.74) is 0.646. The Morgan fingerprint density at radius 2 is 1.67 bits per heavy atom. The third-order valence-corrected chi connectivity index (χ3v) is 3.10. The maximum Gasteiger partial charge on any atom is 0.119 e. The monoisotopic (exact) mass is 296 g/mol. The van der Waals surface area contributed by atoms with E-state index >= 15 is 0 Å². The lowest BCUT2D eigenvalue weighted by Crippen LogP contribution is -2.24. The highest BCUT2D eigenvalue weighted by Gasteiger charge is 2.27. The first-order valence-electron chi connectivity index (χ1n) is 8.50. The maximum absolute atomic E-state index is 8.63. The predicted octanol–water partition coefficient (Wildman–Crippen LogP) is 3.79. The van der Waals surface area contributed by atoms with Crippen LogP contribution in [0, 0.1) is 5.41 Å². The molecule has 1 aromatic carbocycles. The second-order valence-corrected chi connectivity index (χ2v) is 7.16. The Morgan fingerprint density at radius 1 is 1.05 bits per heavy atom. The van der Waals surface area contributed by atoms with Gasteiger partial charge in [0.15, 0.2) is 0 Å². The molecule has 0 aliphatic carbocycles. The van der Waals surface area contributed by atoms with Crippen LogP contribution in [0.5, 0.6) is 5.75 Å². The molecule has 0 saturated heterocycles. The summed E-state index contributed by atoms with van der Waals surface area (Å²) in [4.78, 5) is 0. The molecule has 0 radical (unpaired) electrons. The van der Waals surface area contributed by atoms with E-state index in [1.54, 1.807) is 12.1 Å². The van der Waals surface area contributed by atoms with E-state index < -0.39 is 0 Å². The van der Waals surface area contributed by atoms with Gasteiger partial charge in [0.1, 0.15) is 12.4 Å². The van der Waals surface area contributed by atoms with Gasteiger partial charge in [0.2, 0.25) is 0 Å². The molecule has 0 saturated carbocycles. The summed E-state index contributed by atoms with van der Waals surface area (Å²) >= 11 is 0. The fourth-order valence-corrected chi connectivity index (χ4v) is 2.64. The van der Waals surface area contributed by atoms with Crippen molar-refractivity contribution >= 4 is 0 Å². The van der Waals surface area contributed by atoms with Crippen LogP contribution in [-0.4, -0.2) is 31.5 Å². The molecule has 0 atom stereocenters. The number of aliphatic hydroxyl groups is 1. The van der Waals surface area contributed by atoms with Gasteiger partial charge >= 0.3 is 0 Å². The molecule has 3 nitrogen and oxygen atoms in total. The Kier molecular flexibility index (Phi) is 5.53. The van der Waals surface area contributed by atoms with E-state index in [2.05, 4.69) is 34.6 Å². The number of rotatable bonds is 8. The summed E-state index contributed by atoms with van der Waals surface area (Å²) in [5.74, 6) is 0.517. The molecule has 0 amide bonds. The minimum absolute atomic E-state index is 0.00864. The van der Waals surface area contributed by atoms with Crippen molar-refractivity contribution in [3.8, 4) is 5.75 Å². The van der Waals surface area contributed by atoms with E-state index in [0.717, 1.165) is 12.0 Å². The van der Waals surface area contributed by atoms with Gasteiger partial charge in [-0.1, -0.05) is 46.7 Å². The van der Waals surface area contributed by atoms with Crippen molar-refractivity contribution < 1.29 is 17.3 Å². The normalized spacial score (nSPS) is 13.8. The van der Waals surface area contributed by atoms with Crippen LogP contribution in [0.15, 0.2) is 24.2 Å². The van der Waals surface area contributed by atoms with Crippen LogP contribution < -0.4 is 4.74 Å². The quantitative estimate of drug-likeness (QED) is 0.742. The molecule has 21 heavy (non-hydrogen) atoms. The van der Waals surface area contributed by atoms with Crippen molar-refractivity contribution in [2.45, 2.75) is 46.5 Å². The highest BCUT2D eigenvalue weighted by atomic mass is 16.5. The third-order valence-electron chi connectivity index (χ3n) is 3.10. The fourth-order valence-electron chi connectivity index (χ4n) is 2.64. The zero-order chi connectivity index (χ0) is 17.7. The molecule has 0 fully saturated rings. The number of benzene rings is 1. The zero-order valence-corrected chi connectivity index (χ0v) is 14.0. The van der Waals surface area contributed by atoms with Gasteiger partial charge in [0, 0.05) is 0 Å². The minimum atomic E-state index is -0.241. The Bertz CT molecular complexity index is 484. The van der Waals surface area contributed by atoms with Gasteiger partial charge in [-0.25, -0.2) is 0 Å². The van der Waals surface area contributed by atoms with Crippen LogP contribution in [0.4, 0.5) is 0 Å². The molecular formula is C18H30O3. The van der Waals surface area contributed by atoms with E-state index in [-0.39, 0.29) is 24.0 Å². The molecule has 0 aliphatic rings. The molecule has 3 heteroatoms. The summed E-state index contributed by atoms with van der Waals surface area (Å²) in [5, 5.41) is 8.63. The summed E-state index contributed by atoms with van der Waals surface area (Å²) in [6.45, 7) is 11.7. The summed E-state index contributed by atoms with van der Waals surface area (Å²) in [6.07, 6.45) is 0.896. The van der Waals surface area contributed by atoms with Crippen molar-refractivity contribution in [3.05, 3.63) is 29.8 Å². The van der Waals surface area contributed by atoms with Crippen molar-refractivity contribution in [1.29, 1.82) is 0 Å². The van der Waals surface area contributed by atoms with Gasteiger partial charge < -0.3 is 14.6 Å². The lowest BCUT2D eigenvalue weighted by Gasteiger charge is -2.33. The molecule has 0 unspecified atom stereocenters. The van der Waals surface area contributed by atoms with Crippen LogP contribution in [0.1, 0.15) is 49.3 Å². The Labute approximate surface area is 132 Å². The highest BCUT2D eigenvalue weighted by molar-refractivity contribution is 5.31. The molecule has 0 aromatic heterocycles. The molecule has 0 heterocycles. The average molecular weight is 296 g/mol. The van der Waals surface area contributed by atoms with Gasteiger partial charge in [0.25, 0.3) is 0 Å². The van der Waals surface area contributed by atoms with Crippen LogP contribution in [0.2, 0.25) is 0 Å². The average Bonchev–Trinajstić information content (AvgIpc) is 2.34. The SMILES string of the molecule is [2H]c1cc(OCCOCCO)cc([2H])c1C(C)(C)CC(C)(C)C. The van der Waals surface area contributed by atoms with E-state index in [0.29, 0.717) is 31.0 Å². The number of hydrogen-bond acceptors (Lipinski definition) is 3. The van der Waals surface area contributed by atoms with Gasteiger partial charge in [-0.2, -0.15) is 0 Å². The van der Waals surface area contributed by atoms with Crippen LogP contribution in [-0.2, 0) is 10.2 Å². The molecule has 1 N–H and O–H groups in total. The molecular weight excluding hydrogens is 264 g/mol. The first-order valence-corrected chi connectivity index (χ1v) is 7.50. The lowest BCUT2D eigenvalue weighted by atomic mass is 9.72. The second-order valence-electron chi connectivity index (χ2n) is 7.16. The smallest absolute Gasteiger partial charge is 0.119 e. The van der Waals surface area contributed by atoms with E-state index in [1.165, 1.54) is 0 Å². The molecule has 0 bridgehead atoms. The highest BCUT2D eigenvalue weighted by Crippen LogP contribution is 2.36. The van der Waals surface area contributed by atoms with E-state index in [4.69, 9.17) is 17.3 Å². The topological polar surface area (TPSA) is 38.7 Å².